The van der Waals surface area contributed by atoms with Gasteiger partial charge in [-0.15, -0.1) is 0 Å². The van der Waals surface area contributed by atoms with Gasteiger partial charge in [0.1, 0.15) is 0 Å². The minimum absolute atomic E-state index is 0.142. The van der Waals surface area contributed by atoms with Crippen LogP contribution in [0.15, 0.2) is 36.5 Å². The second-order valence-corrected chi connectivity index (χ2v) is 8.39. The average molecular weight is 351 g/mol. The number of unbranched alkanes of at least 4 members (excludes halogenated alkanes) is 1. The van der Waals surface area contributed by atoms with Gasteiger partial charge in [0, 0.05) is 36.5 Å². The van der Waals surface area contributed by atoms with Crippen LogP contribution in [0.3, 0.4) is 0 Å². The molecule has 26 heavy (non-hydrogen) atoms. The van der Waals surface area contributed by atoms with Crippen LogP contribution in [0.5, 0.6) is 0 Å². The van der Waals surface area contributed by atoms with E-state index in [9.17, 15) is 0 Å². The molecule has 0 radical (unpaired) electrons. The van der Waals surface area contributed by atoms with Gasteiger partial charge in [0.15, 0.2) is 11.7 Å². The Balaban J connectivity index is 2.34. The Kier molecular flexibility index (Phi) is 5.55. The molecule has 0 fully saturated rings. The van der Waals surface area contributed by atoms with E-state index in [4.69, 9.17) is 0 Å². The maximum atomic E-state index is 2.62. The zero-order valence-electron chi connectivity index (χ0n) is 17.6. The van der Waals surface area contributed by atoms with Crippen molar-refractivity contribution >= 4 is 0 Å². The predicted molar refractivity (Wildman–Crippen MR) is 112 cm³/mol. The van der Waals surface area contributed by atoms with Crippen molar-refractivity contribution in [2.24, 2.45) is 5.92 Å². The van der Waals surface area contributed by atoms with Gasteiger partial charge >= 0.3 is 0 Å². The minimum atomic E-state index is 0.142. The summed E-state index contributed by atoms with van der Waals surface area (Å²) in [4.78, 5) is 0. The summed E-state index contributed by atoms with van der Waals surface area (Å²) in [6, 6.07) is 11.6. The highest BCUT2D eigenvalue weighted by atomic mass is 15.1. The average Bonchev–Trinajstić information content (AvgIpc) is 2.74. The van der Waals surface area contributed by atoms with Crippen molar-refractivity contribution in [3.05, 3.63) is 53.2 Å². The summed E-state index contributed by atoms with van der Waals surface area (Å²) in [5.74, 6) is 1.21. The van der Waals surface area contributed by atoms with Gasteiger partial charge in [0.2, 0.25) is 5.69 Å². The molecule has 3 rings (SSSR count). The number of pyridine rings is 1. The van der Waals surface area contributed by atoms with Gasteiger partial charge in [0.05, 0.1) is 0 Å². The molecule has 2 aromatic rings. The van der Waals surface area contributed by atoms with Crippen LogP contribution in [0.1, 0.15) is 82.9 Å². The summed E-state index contributed by atoms with van der Waals surface area (Å²) in [6.45, 7) is 14.3. The Morgan fingerprint density at radius 1 is 1.08 bits per heavy atom. The van der Waals surface area contributed by atoms with E-state index < -0.39 is 0 Å². The lowest BCUT2D eigenvalue weighted by atomic mass is 9.73. The third kappa shape index (κ3) is 2.90. The Hall–Kier alpha value is -1.63. The van der Waals surface area contributed by atoms with Crippen LogP contribution >= 0.6 is 0 Å². The van der Waals surface area contributed by atoms with Crippen molar-refractivity contribution in [2.75, 3.05) is 0 Å². The lowest BCUT2D eigenvalue weighted by molar-refractivity contribution is -0.760. The molecule has 0 spiro atoms. The molecule has 1 aromatic heterocycles. The van der Waals surface area contributed by atoms with E-state index >= 15 is 0 Å². The van der Waals surface area contributed by atoms with Gasteiger partial charge in [-0.05, 0) is 49.3 Å². The molecule has 0 saturated carbocycles. The molecule has 0 bridgehead atoms. The van der Waals surface area contributed by atoms with Crippen molar-refractivity contribution in [1.82, 2.24) is 0 Å². The van der Waals surface area contributed by atoms with Crippen LogP contribution in [-0.4, -0.2) is 0 Å². The highest BCUT2D eigenvalue weighted by molar-refractivity contribution is 5.67. The monoisotopic (exact) mass is 350 g/mol. The minimum Gasteiger partial charge on any atom is -0.193 e. The topological polar surface area (TPSA) is 3.88 Å². The number of aromatic nitrogens is 1. The lowest BCUT2D eigenvalue weighted by Gasteiger charge is -2.33. The number of aryl methyl sites for hydroxylation is 1. The van der Waals surface area contributed by atoms with Crippen LogP contribution in [0.4, 0.5) is 0 Å². The summed E-state index contributed by atoms with van der Waals surface area (Å²) < 4.78 is 2.62. The van der Waals surface area contributed by atoms with E-state index in [0.717, 1.165) is 6.42 Å². The fourth-order valence-electron chi connectivity index (χ4n) is 5.12. The van der Waals surface area contributed by atoms with Crippen LogP contribution in [-0.2, 0) is 12.0 Å². The van der Waals surface area contributed by atoms with Gasteiger partial charge in [-0.2, -0.15) is 4.57 Å². The van der Waals surface area contributed by atoms with E-state index in [1.54, 1.807) is 5.56 Å². The van der Waals surface area contributed by atoms with E-state index in [1.807, 2.05) is 0 Å². The third-order valence-corrected chi connectivity index (χ3v) is 7.21. The van der Waals surface area contributed by atoms with Crippen LogP contribution < -0.4 is 4.57 Å². The number of rotatable bonds is 5. The Morgan fingerprint density at radius 2 is 1.81 bits per heavy atom. The Morgan fingerprint density at radius 3 is 2.46 bits per heavy atom. The number of benzene rings is 1. The molecule has 0 amide bonds. The zero-order chi connectivity index (χ0) is 18.9. The molecule has 0 saturated heterocycles. The predicted octanol–water partition coefficient (Wildman–Crippen LogP) is 6.56. The number of hydrogen-bond donors (Lipinski definition) is 0. The Bertz CT molecular complexity index is 776. The second-order valence-electron chi connectivity index (χ2n) is 8.39. The van der Waals surface area contributed by atoms with E-state index in [-0.39, 0.29) is 5.54 Å². The summed E-state index contributed by atoms with van der Waals surface area (Å²) in [7, 11) is 0. The van der Waals surface area contributed by atoms with Crippen molar-refractivity contribution < 1.29 is 4.57 Å². The van der Waals surface area contributed by atoms with Gasteiger partial charge in [0.25, 0.3) is 0 Å². The van der Waals surface area contributed by atoms with E-state index in [1.165, 1.54) is 48.1 Å². The van der Waals surface area contributed by atoms with Crippen LogP contribution in [0, 0.1) is 12.8 Å². The van der Waals surface area contributed by atoms with Gasteiger partial charge in [-0.3, -0.25) is 0 Å². The summed E-state index contributed by atoms with van der Waals surface area (Å²) >= 11 is 0. The molecule has 1 nitrogen and oxygen atoms in total. The van der Waals surface area contributed by atoms with Gasteiger partial charge < -0.3 is 0 Å². The Labute approximate surface area is 160 Å². The first kappa shape index (κ1) is 19.1. The number of nitrogens with zero attached hydrogens (tertiary/aromatic N) is 1. The highest BCUT2D eigenvalue weighted by Gasteiger charge is 2.48. The largest absolute Gasteiger partial charge is 0.216 e. The summed E-state index contributed by atoms with van der Waals surface area (Å²) in [5, 5.41) is 0. The normalized spacial score (nSPS) is 24.7. The van der Waals surface area contributed by atoms with Crippen molar-refractivity contribution in [2.45, 2.75) is 85.1 Å². The van der Waals surface area contributed by atoms with Crippen LogP contribution in [0.25, 0.3) is 11.3 Å². The fourth-order valence-corrected chi connectivity index (χ4v) is 5.12. The third-order valence-electron chi connectivity index (χ3n) is 7.21. The maximum Gasteiger partial charge on any atom is 0.216 e. The quantitative estimate of drug-likeness (QED) is 0.538. The molecule has 1 aliphatic heterocycles. The fraction of sp³-hybridized carbons (Fsp3) is 0.560. The number of hydrogen-bond acceptors (Lipinski definition) is 0. The first-order valence-electron chi connectivity index (χ1n) is 10.6. The molecule has 3 atom stereocenters. The summed E-state index contributed by atoms with van der Waals surface area (Å²) in [6.07, 6.45) is 8.46. The molecule has 1 heteroatoms. The highest BCUT2D eigenvalue weighted by Crippen LogP contribution is 2.45. The maximum absolute atomic E-state index is 2.62. The lowest BCUT2D eigenvalue weighted by Crippen LogP contribution is -2.59. The molecule has 1 aromatic carbocycles. The molecule has 1 aliphatic rings. The first-order chi connectivity index (χ1) is 12.5. The van der Waals surface area contributed by atoms with E-state index in [2.05, 4.69) is 82.6 Å². The van der Waals surface area contributed by atoms with Crippen molar-refractivity contribution in [3.8, 4) is 11.3 Å². The van der Waals surface area contributed by atoms with Gasteiger partial charge in [-0.25, -0.2) is 0 Å². The molecule has 2 heterocycles. The van der Waals surface area contributed by atoms with Crippen molar-refractivity contribution in [3.63, 3.8) is 0 Å². The standard InChI is InChI=1S/C25H36N/c1-7-10-13-20-16-17-26-24(18(20)4)23-15-12-11-14-22(23)21(8-2)19(5)25(26,6)9-3/h11-12,14-17,19,21H,7-10,13H2,1-6H3/q+1. The second kappa shape index (κ2) is 7.55. The van der Waals surface area contributed by atoms with Crippen molar-refractivity contribution in [1.29, 1.82) is 0 Å². The molecule has 3 unspecified atom stereocenters. The molecular formula is C25H36N+. The molecule has 0 N–H and O–H groups in total. The van der Waals surface area contributed by atoms with Gasteiger partial charge in [-0.1, -0.05) is 52.3 Å². The van der Waals surface area contributed by atoms with E-state index in [0.29, 0.717) is 11.8 Å². The SMILES string of the molecule is CCCCc1cc[n+]2c(c1C)-c1ccccc1C(CC)C(C)C2(C)CC. The smallest absolute Gasteiger partial charge is 0.193 e. The summed E-state index contributed by atoms with van der Waals surface area (Å²) in [5.41, 5.74) is 7.61. The molecular weight excluding hydrogens is 314 g/mol. The van der Waals surface area contributed by atoms with Crippen LogP contribution in [0.2, 0.25) is 0 Å². The number of fused-ring (bicyclic) bond motifs is 3. The molecule has 140 valence electrons. The zero-order valence-corrected chi connectivity index (χ0v) is 17.6. The molecule has 0 aliphatic carbocycles. The first-order valence-corrected chi connectivity index (χ1v) is 10.6.